The van der Waals surface area contributed by atoms with Crippen molar-refractivity contribution in [1.82, 2.24) is 9.55 Å². The number of furan rings is 2. The molecule has 0 N–H and O–H groups in total. The number of ketones is 1. The Kier molecular flexibility index (Phi) is 7.71. The van der Waals surface area contributed by atoms with Crippen LogP contribution in [-0.2, 0) is 13.0 Å². The highest BCUT2D eigenvalue weighted by molar-refractivity contribution is 9.10. The van der Waals surface area contributed by atoms with Gasteiger partial charge < -0.3 is 13.4 Å². The van der Waals surface area contributed by atoms with Crippen LogP contribution in [0.15, 0.2) is 123 Å². The molecule has 42 heavy (non-hydrogen) atoms. The van der Waals surface area contributed by atoms with Gasteiger partial charge in [0, 0.05) is 20.8 Å². The van der Waals surface area contributed by atoms with Crippen LogP contribution >= 0.6 is 32.9 Å². The van der Waals surface area contributed by atoms with Crippen molar-refractivity contribution in [2.24, 2.45) is 0 Å². The first-order valence-electron chi connectivity index (χ1n) is 13.4. The van der Waals surface area contributed by atoms with E-state index in [1.54, 1.807) is 0 Å². The van der Waals surface area contributed by atoms with Crippen LogP contribution in [0.5, 0.6) is 0 Å². The summed E-state index contributed by atoms with van der Waals surface area (Å²) >= 11 is 3.45. The molecule has 0 bridgehead atoms. The van der Waals surface area contributed by atoms with E-state index < -0.39 is 0 Å². The Morgan fingerprint density at radius 3 is 2.07 bits per heavy atom. The fourth-order valence-corrected chi connectivity index (χ4v) is 5.63. The Morgan fingerprint density at radius 1 is 0.833 bits per heavy atom. The number of allylic oxidation sites excluding steroid dienone is 1. The first-order chi connectivity index (χ1) is 20.0. The Morgan fingerprint density at radius 2 is 1.45 bits per heavy atom. The second-order valence-corrected chi connectivity index (χ2v) is 11.0. The smallest absolute Gasteiger partial charge is 0.182 e. The number of para-hydroxylation sites is 3. The van der Waals surface area contributed by atoms with Gasteiger partial charge in [-0.1, -0.05) is 82.7 Å². The molecule has 0 aliphatic heterocycles. The van der Waals surface area contributed by atoms with E-state index in [2.05, 4.69) is 40.2 Å². The van der Waals surface area contributed by atoms with Crippen LogP contribution in [0.3, 0.4) is 0 Å². The molecule has 0 atom stereocenters. The van der Waals surface area contributed by atoms with Gasteiger partial charge in [-0.3, -0.25) is 4.79 Å². The van der Waals surface area contributed by atoms with Crippen molar-refractivity contribution < 1.29 is 13.6 Å². The van der Waals surface area contributed by atoms with Gasteiger partial charge in [-0.05, 0) is 61.4 Å². The molecule has 0 saturated heterocycles. The SMILES string of the molecule is Br.Cc1nc2cccc(CC=C(c3cc4ccccc4o3)c3cc4ccccc4o3)c2n1CC(=O)c1ccc(Br)cc1. The van der Waals surface area contributed by atoms with Gasteiger partial charge >= 0.3 is 0 Å². The van der Waals surface area contributed by atoms with Gasteiger partial charge in [0.05, 0.1) is 23.2 Å². The maximum absolute atomic E-state index is 13.2. The number of benzene rings is 4. The molecule has 3 heterocycles. The lowest BCUT2D eigenvalue weighted by molar-refractivity contribution is 0.0972. The van der Waals surface area contributed by atoms with E-state index in [9.17, 15) is 4.79 Å². The quantitative estimate of drug-likeness (QED) is 0.157. The third-order valence-corrected chi connectivity index (χ3v) is 7.95. The van der Waals surface area contributed by atoms with E-state index in [1.807, 2.05) is 96.4 Å². The minimum absolute atomic E-state index is 0. The van der Waals surface area contributed by atoms with Crippen LogP contribution in [-0.4, -0.2) is 15.3 Å². The zero-order valence-electron chi connectivity index (χ0n) is 22.7. The van der Waals surface area contributed by atoms with E-state index in [0.29, 0.717) is 12.0 Å². The summed E-state index contributed by atoms with van der Waals surface area (Å²) in [6.07, 6.45) is 2.74. The van der Waals surface area contributed by atoms with Crippen molar-refractivity contribution in [3.8, 4) is 0 Å². The first-order valence-corrected chi connectivity index (χ1v) is 14.2. The maximum Gasteiger partial charge on any atom is 0.182 e. The Hall–Kier alpha value is -4.20. The van der Waals surface area contributed by atoms with Crippen molar-refractivity contribution in [1.29, 1.82) is 0 Å². The standard InChI is InChI=1S/C35H25BrN2O3.BrH/c1-22-37-29-10-6-9-24(35(29)38(22)21-30(39)23-13-16-27(36)17-14-23)15-18-28(33-19-25-7-2-4-11-31(25)40-33)34-20-26-8-3-5-12-32(26)41-34;/h2-14,16-20H,15,21H2,1H3;1H. The average Bonchev–Trinajstić information content (AvgIpc) is 3.69. The molecule has 5 nitrogen and oxygen atoms in total. The molecular weight excluding hydrogens is 656 g/mol. The highest BCUT2D eigenvalue weighted by Gasteiger charge is 2.18. The monoisotopic (exact) mass is 680 g/mol. The van der Waals surface area contributed by atoms with E-state index in [4.69, 9.17) is 13.8 Å². The molecule has 0 fully saturated rings. The molecule has 0 saturated carbocycles. The van der Waals surface area contributed by atoms with Crippen LogP contribution < -0.4 is 0 Å². The molecule has 7 rings (SSSR count). The summed E-state index contributed by atoms with van der Waals surface area (Å²) in [6.45, 7) is 2.16. The molecule has 0 spiro atoms. The predicted octanol–water partition coefficient (Wildman–Crippen LogP) is 9.73. The summed E-state index contributed by atoms with van der Waals surface area (Å²) in [4.78, 5) is 18.0. The minimum atomic E-state index is 0. The molecule has 0 radical (unpaired) electrons. The number of rotatable bonds is 7. The largest absolute Gasteiger partial charge is 0.456 e. The number of nitrogens with zero attached hydrogens (tertiary/aromatic N) is 2. The molecule has 0 unspecified atom stereocenters. The van der Waals surface area contributed by atoms with Crippen molar-refractivity contribution in [3.63, 3.8) is 0 Å². The van der Waals surface area contributed by atoms with Gasteiger partial charge in [0.25, 0.3) is 0 Å². The van der Waals surface area contributed by atoms with Gasteiger partial charge in [0.2, 0.25) is 0 Å². The number of imidazole rings is 1. The number of Topliss-reactive ketones (excluding diaryl/α,β-unsaturated/α-hetero) is 1. The van der Waals surface area contributed by atoms with Crippen molar-refractivity contribution in [2.75, 3.05) is 0 Å². The lowest BCUT2D eigenvalue weighted by atomic mass is 10.0. The zero-order valence-corrected chi connectivity index (χ0v) is 26.0. The second-order valence-electron chi connectivity index (χ2n) is 10.1. The number of carbonyl (C=O) groups excluding carboxylic acids is 1. The number of aromatic nitrogens is 2. The summed E-state index contributed by atoms with van der Waals surface area (Å²) in [7, 11) is 0. The van der Waals surface area contributed by atoms with Gasteiger partial charge in [-0.2, -0.15) is 0 Å². The van der Waals surface area contributed by atoms with E-state index in [0.717, 1.165) is 65.9 Å². The molecule has 0 amide bonds. The minimum Gasteiger partial charge on any atom is -0.456 e. The number of halogens is 2. The summed E-state index contributed by atoms with van der Waals surface area (Å²) in [6, 6.07) is 33.7. The van der Waals surface area contributed by atoms with Crippen LogP contribution in [0.4, 0.5) is 0 Å². The lowest BCUT2D eigenvalue weighted by Gasteiger charge is -2.10. The number of carbonyl (C=O) groups is 1. The maximum atomic E-state index is 13.2. The summed E-state index contributed by atoms with van der Waals surface area (Å²) in [5.74, 6) is 2.33. The van der Waals surface area contributed by atoms with Gasteiger partial charge in [0.15, 0.2) is 5.78 Å². The number of hydrogen-bond donors (Lipinski definition) is 0. The molecule has 4 aromatic carbocycles. The first kappa shape index (κ1) is 27.9. The van der Waals surface area contributed by atoms with Crippen LogP contribution in [0.25, 0.3) is 38.5 Å². The molecule has 3 aromatic heterocycles. The van der Waals surface area contributed by atoms with Gasteiger partial charge in [-0.15, -0.1) is 17.0 Å². The highest BCUT2D eigenvalue weighted by Crippen LogP contribution is 2.33. The second kappa shape index (κ2) is 11.6. The molecule has 0 aliphatic rings. The molecule has 7 aromatic rings. The van der Waals surface area contributed by atoms with Crippen molar-refractivity contribution in [2.45, 2.75) is 19.9 Å². The lowest BCUT2D eigenvalue weighted by Crippen LogP contribution is -2.12. The molecule has 7 heteroatoms. The van der Waals surface area contributed by atoms with Crippen LogP contribution in [0.1, 0.15) is 33.3 Å². The van der Waals surface area contributed by atoms with Crippen molar-refractivity contribution >= 4 is 77.2 Å². The van der Waals surface area contributed by atoms with E-state index in [-0.39, 0.29) is 29.3 Å². The average molecular weight is 682 g/mol. The zero-order chi connectivity index (χ0) is 27.9. The van der Waals surface area contributed by atoms with Gasteiger partial charge in [-0.25, -0.2) is 4.98 Å². The number of aryl methyl sites for hydroxylation is 1. The summed E-state index contributed by atoms with van der Waals surface area (Å²) in [5, 5.41) is 2.07. The number of fused-ring (bicyclic) bond motifs is 3. The highest BCUT2D eigenvalue weighted by atomic mass is 79.9. The Balaban J connectivity index is 0.00000316. The van der Waals surface area contributed by atoms with Crippen molar-refractivity contribution in [3.05, 3.63) is 142 Å². The summed E-state index contributed by atoms with van der Waals surface area (Å²) in [5.41, 5.74) is 6.09. The third kappa shape index (κ3) is 5.26. The normalized spacial score (nSPS) is 11.2. The van der Waals surface area contributed by atoms with E-state index >= 15 is 0 Å². The summed E-state index contributed by atoms with van der Waals surface area (Å²) < 4.78 is 15.6. The van der Waals surface area contributed by atoms with Crippen LogP contribution in [0.2, 0.25) is 0 Å². The van der Waals surface area contributed by atoms with Gasteiger partial charge in [0.1, 0.15) is 28.5 Å². The number of hydrogen-bond acceptors (Lipinski definition) is 4. The molecule has 0 aliphatic carbocycles. The predicted molar refractivity (Wildman–Crippen MR) is 176 cm³/mol. The Bertz CT molecular complexity index is 1960. The fraction of sp³-hybridized carbons (Fsp3) is 0.0857. The third-order valence-electron chi connectivity index (χ3n) is 7.42. The van der Waals surface area contributed by atoms with Crippen LogP contribution in [0, 0.1) is 6.92 Å². The topological polar surface area (TPSA) is 61.2 Å². The van der Waals surface area contributed by atoms with E-state index in [1.165, 1.54) is 0 Å². The molecule has 208 valence electrons. The molecular formula is C35H26Br2N2O3. The fourth-order valence-electron chi connectivity index (χ4n) is 5.37. The Labute approximate surface area is 261 Å².